The van der Waals surface area contributed by atoms with Gasteiger partial charge in [0.15, 0.2) is 0 Å². The van der Waals surface area contributed by atoms with E-state index in [1.165, 1.54) is 18.2 Å². The van der Waals surface area contributed by atoms with Gasteiger partial charge in [0.2, 0.25) is 0 Å². The Morgan fingerprint density at radius 3 is 2.52 bits per heavy atom. The fourth-order valence-corrected chi connectivity index (χ4v) is 3.25. The number of nitrogens with zero attached hydrogens (tertiary/aromatic N) is 2. The zero-order valence-electron chi connectivity index (χ0n) is 15.7. The van der Waals surface area contributed by atoms with Gasteiger partial charge in [-0.05, 0) is 49.2 Å². The minimum atomic E-state index is -1.24. The number of ether oxygens (including phenoxy) is 1. The summed E-state index contributed by atoms with van der Waals surface area (Å²) >= 11 is 0. The van der Waals surface area contributed by atoms with E-state index in [2.05, 4.69) is 4.98 Å². The largest absolute Gasteiger partial charge is 0.550 e. The topological polar surface area (TPSA) is 120 Å². The molecule has 1 fully saturated rings. The summed E-state index contributed by atoms with van der Waals surface area (Å²) in [6, 6.07) is 10.5. The van der Waals surface area contributed by atoms with E-state index in [1.54, 1.807) is 42.5 Å². The van der Waals surface area contributed by atoms with Crippen LogP contribution in [0.4, 0.5) is 0 Å². The van der Waals surface area contributed by atoms with Crippen LogP contribution in [-0.4, -0.2) is 46.3 Å². The van der Waals surface area contributed by atoms with Crippen molar-refractivity contribution >= 4 is 23.4 Å². The first-order valence-electron chi connectivity index (χ1n) is 8.97. The van der Waals surface area contributed by atoms with E-state index >= 15 is 0 Å². The molecule has 1 atom stereocenters. The van der Waals surface area contributed by atoms with Crippen molar-refractivity contribution in [3.63, 3.8) is 0 Å². The molecule has 1 aromatic carbocycles. The van der Waals surface area contributed by atoms with E-state index in [1.807, 2.05) is 0 Å². The summed E-state index contributed by atoms with van der Waals surface area (Å²) in [5.41, 5.74) is 0.655. The van der Waals surface area contributed by atoms with Gasteiger partial charge in [0, 0.05) is 24.3 Å². The van der Waals surface area contributed by atoms with Crippen LogP contribution in [0.2, 0.25) is 0 Å². The number of hydrogen-bond donors (Lipinski definition) is 1. The highest BCUT2D eigenvalue weighted by molar-refractivity contribution is 6.46. The first-order chi connectivity index (χ1) is 13.9. The third-order valence-electron chi connectivity index (χ3n) is 4.65. The van der Waals surface area contributed by atoms with Crippen molar-refractivity contribution in [2.75, 3.05) is 13.7 Å². The molecule has 0 saturated carbocycles. The number of aliphatic hydroxyl groups is 1. The van der Waals surface area contributed by atoms with Gasteiger partial charge in [0.1, 0.15) is 17.6 Å². The van der Waals surface area contributed by atoms with Crippen molar-refractivity contribution in [3.05, 3.63) is 65.5 Å². The number of aliphatic carboxylic acids is 1. The molecule has 0 spiro atoms. The number of benzene rings is 1. The maximum Gasteiger partial charge on any atom is 0.295 e. The second-order valence-electron chi connectivity index (χ2n) is 6.45. The summed E-state index contributed by atoms with van der Waals surface area (Å²) in [5, 5.41) is 21.6. The van der Waals surface area contributed by atoms with E-state index in [0.717, 1.165) is 0 Å². The molecule has 1 N–H and O–H groups in total. The Bertz CT molecular complexity index is 953. The fraction of sp³-hybridized carbons (Fsp3) is 0.238. The van der Waals surface area contributed by atoms with E-state index in [0.29, 0.717) is 17.0 Å². The summed E-state index contributed by atoms with van der Waals surface area (Å²) in [5.74, 6) is -2.65. The van der Waals surface area contributed by atoms with Gasteiger partial charge in [0.25, 0.3) is 11.7 Å². The number of carboxylic acid groups (broad SMARTS) is 1. The Balaban J connectivity index is 2.06. The van der Waals surface area contributed by atoms with Gasteiger partial charge < -0.3 is 24.6 Å². The Morgan fingerprint density at radius 2 is 1.93 bits per heavy atom. The summed E-state index contributed by atoms with van der Waals surface area (Å²) in [6.07, 6.45) is 1.38. The highest BCUT2D eigenvalue weighted by Crippen LogP contribution is 2.38. The number of carbonyl (C=O) groups excluding carboxylic acids is 3. The van der Waals surface area contributed by atoms with Crippen LogP contribution in [0.1, 0.15) is 30.1 Å². The van der Waals surface area contributed by atoms with Crippen molar-refractivity contribution in [2.24, 2.45) is 0 Å². The van der Waals surface area contributed by atoms with Crippen LogP contribution in [-0.2, 0) is 14.4 Å². The summed E-state index contributed by atoms with van der Waals surface area (Å²) in [7, 11) is 1.51. The Hall–Kier alpha value is -3.68. The molecule has 0 unspecified atom stereocenters. The highest BCUT2D eigenvalue weighted by Gasteiger charge is 2.46. The van der Waals surface area contributed by atoms with E-state index < -0.39 is 23.7 Å². The van der Waals surface area contributed by atoms with Crippen LogP contribution in [0.25, 0.3) is 5.76 Å². The zero-order valence-corrected chi connectivity index (χ0v) is 15.7. The minimum Gasteiger partial charge on any atom is -0.550 e. The van der Waals surface area contributed by atoms with E-state index in [9.17, 15) is 24.6 Å². The lowest BCUT2D eigenvalue weighted by molar-refractivity contribution is -0.305. The Morgan fingerprint density at radius 1 is 1.21 bits per heavy atom. The van der Waals surface area contributed by atoms with Gasteiger partial charge in [-0.25, -0.2) is 0 Å². The third-order valence-corrected chi connectivity index (χ3v) is 4.65. The van der Waals surface area contributed by atoms with Gasteiger partial charge >= 0.3 is 0 Å². The quantitative estimate of drug-likeness (QED) is 0.422. The zero-order chi connectivity index (χ0) is 21.0. The normalized spacial score (nSPS) is 18.1. The fourth-order valence-electron chi connectivity index (χ4n) is 3.25. The molecule has 8 nitrogen and oxygen atoms in total. The van der Waals surface area contributed by atoms with Crippen molar-refractivity contribution in [2.45, 2.75) is 18.9 Å². The maximum absolute atomic E-state index is 12.7. The number of pyridine rings is 1. The van der Waals surface area contributed by atoms with Crippen LogP contribution in [0, 0.1) is 0 Å². The SMILES string of the molecule is COc1ccc(C(O)=C2C(=O)C(=O)N(CCCC(=O)[O-])[C@H]2c2ccccn2)cc1. The molecule has 29 heavy (non-hydrogen) atoms. The summed E-state index contributed by atoms with van der Waals surface area (Å²) in [4.78, 5) is 41.6. The van der Waals surface area contributed by atoms with Gasteiger partial charge in [-0.15, -0.1) is 0 Å². The number of amides is 1. The molecular formula is C21H19N2O6-. The maximum atomic E-state index is 12.7. The molecule has 0 aliphatic carbocycles. The lowest BCUT2D eigenvalue weighted by Gasteiger charge is -2.24. The van der Waals surface area contributed by atoms with Crippen molar-refractivity contribution in [1.82, 2.24) is 9.88 Å². The number of rotatable bonds is 7. The van der Waals surface area contributed by atoms with Crippen LogP contribution >= 0.6 is 0 Å². The van der Waals surface area contributed by atoms with Gasteiger partial charge in [-0.2, -0.15) is 0 Å². The lowest BCUT2D eigenvalue weighted by atomic mass is 9.98. The van der Waals surface area contributed by atoms with Crippen molar-refractivity contribution < 1.29 is 29.3 Å². The summed E-state index contributed by atoms with van der Waals surface area (Å²) < 4.78 is 5.09. The van der Waals surface area contributed by atoms with E-state index in [4.69, 9.17) is 4.74 Å². The number of carboxylic acids is 1. The van der Waals surface area contributed by atoms with Crippen molar-refractivity contribution in [3.8, 4) is 5.75 Å². The number of aromatic nitrogens is 1. The molecule has 2 aromatic rings. The molecule has 1 amide bonds. The standard InChI is InChI=1S/C21H20N2O6/c1-29-14-9-7-13(8-10-14)19(26)17-18(15-5-2-3-11-22-15)23(21(28)20(17)27)12-4-6-16(24)25/h2-3,5,7-11,18,26H,4,6,12H2,1H3,(H,24,25)/p-1/t18-/m0/s1. The molecule has 8 heteroatoms. The molecular weight excluding hydrogens is 376 g/mol. The molecule has 0 radical (unpaired) electrons. The van der Waals surface area contributed by atoms with Crippen LogP contribution in [0.15, 0.2) is 54.2 Å². The van der Waals surface area contributed by atoms with Crippen molar-refractivity contribution in [1.29, 1.82) is 0 Å². The second-order valence-corrected chi connectivity index (χ2v) is 6.45. The first kappa shape index (κ1) is 20.1. The average Bonchev–Trinajstić information content (AvgIpc) is 2.98. The highest BCUT2D eigenvalue weighted by atomic mass is 16.5. The van der Waals surface area contributed by atoms with Crippen LogP contribution in [0.5, 0.6) is 5.75 Å². The Labute approximate surface area is 167 Å². The molecule has 150 valence electrons. The molecule has 1 aromatic heterocycles. The van der Waals surface area contributed by atoms with Crippen LogP contribution in [0.3, 0.4) is 0 Å². The number of ketones is 1. The predicted molar refractivity (Wildman–Crippen MR) is 100 cm³/mol. The first-order valence-corrected chi connectivity index (χ1v) is 8.97. The molecule has 1 aliphatic heterocycles. The average molecular weight is 395 g/mol. The number of Topliss-reactive ketones (excluding diaryl/α,β-unsaturated/α-hetero) is 1. The molecule has 2 heterocycles. The number of aliphatic hydroxyl groups excluding tert-OH is 1. The lowest BCUT2D eigenvalue weighted by Crippen LogP contribution is -2.32. The summed E-state index contributed by atoms with van der Waals surface area (Å²) in [6.45, 7) is 0.0131. The third kappa shape index (κ3) is 4.11. The van der Waals surface area contributed by atoms with E-state index in [-0.39, 0.29) is 30.7 Å². The van der Waals surface area contributed by atoms with Crippen LogP contribution < -0.4 is 9.84 Å². The minimum absolute atomic E-state index is 0.0131. The molecule has 0 bridgehead atoms. The van der Waals surface area contributed by atoms with Gasteiger partial charge in [0.05, 0.1) is 18.4 Å². The number of methoxy groups -OCH3 is 1. The predicted octanol–water partition coefficient (Wildman–Crippen LogP) is 1.04. The second kappa shape index (κ2) is 8.55. The molecule has 1 aliphatic rings. The molecule has 1 saturated heterocycles. The Kier molecular flexibility index (Phi) is 5.92. The number of carbonyl (C=O) groups is 3. The number of likely N-dealkylation sites (tertiary alicyclic amines) is 1. The smallest absolute Gasteiger partial charge is 0.295 e. The van der Waals surface area contributed by atoms with Gasteiger partial charge in [-0.1, -0.05) is 6.07 Å². The molecule has 3 rings (SSSR count). The number of hydrogen-bond acceptors (Lipinski definition) is 7. The monoisotopic (exact) mass is 395 g/mol. The van der Waals surface area contributed by atoms with Gasteiger partial charge in [-0.3, -0.25) is 14.6 Å².